The Morgan fingerprint density at radius 1 is 0.946 bits per heavy atom. The lowest BCUT2D eigenvalue weighted by Crippen LogP contribution is -2.24. The standard InChI is InChI=1S/C31H34FN3O2/c1-4-5-15-35-28(17-33-31(35)25-10-12-27(32)13-11-25)20-34(19-26-8-6-7-22(2)23(26)3)18-24-9-14-29-30(16-24)37-21-36-29/h6-14,16-17H,4-5,15,18-21H2,1-3H3. The number of fused-ring (bicyclic) bond motifs is 1. The molecule has 3 aromatic carbocycles. The molecule has 1 aliphatic heterocycles. The van der Waals surface area contributed by atoms with E-state index in [4.69, 9.17) is 14.5 Å². The van der Waals surface area contributed by atoms with Gasteiger partial charge in [-0.2, -0.15) is 0 Å². The molecule has 5 nitrogen and oxygen atoms in total. The second-order valence-electron chi connectivity index (χ2n) is 9.78. The Hall–Kier alpha value is -3.64. The highest BCUT2D eigenvalue weighted by molar-refractivity contribution is 5.56. The number of ether oxygens (including phenoxy) is 2. The molecule has 0 fully saturated rings. The van der Waals surface area contributed by atoms with Crippen LogP contribution in [0.2, 0.25) is 0 Å². The summed E-state index contributed by atoms with van der Waals surface area (Å²) in [6.07, 6.45) is 4.12. The average Bonchev–Trinajstić information content (AvgIpc) is 3.52. The Labute approximate surface area is 218 Å². The lowest BCUT2D eigenvalue weighted by Gasteiger charge is -2.25. The Kier molecular flexibility index (Phi) is 7.56. The van der Waals surface area contributed by atoms with Crippen molar-refractivity contribution in [2.45, 2.75) is 59.8 Å². The molecule has 0 bridgehead atoms. The molecule has 0 saturated carbocycles. The predicted molar refractivity (Wildman–Crippen MR) is 144 cm³/mol. The van der Waals surface area contributed by atoms with Gasteiger partial charge >= 0.3 is 0 Å². The summed E-state index contributed by atoms with van der Waals surface area (Å²) in [6, 6.07) is 19.3. The lowest BCUT2D eigenvalue weighted by atomic mass is 10.0. The highest BCUT2D eigenvalue weighted by Gasteiger charge is 2.19. The van der Waals surface area contributed by atoms with Crippen LogP contribution < -0.4 is 9.47 Å². The minimum Gasteiger partial charge on any atom is -0.454 e. The molecule has 4 aromatic rings. The van der Waals surface area contributed by atoms with Gasteiger partial charge in [-0.1, -0.05) is 37.6 Å². The Morgan fingerprint density at radius 3 is 2.57 bits per heavy atom. The second kappa shape index (κ2) is 11.2. The molecule has 2 heterocycles. The molecule has 0 spiro atoms. The fraction of sp³-hybridized carbons (Fsp3) is 0.323. The first kappa shape index (κ1) is 25.0. The Bertz CT molecular complexity index is 1360. The van der Waals surface area contributed by atoms with E-state index in [9.17, 15) is 4.39 Å². The molecule has 1 aliphatic rings. The van der Waals surface area contributed by atoms with Gasteiger partial charge in [0, 0.05) is 31.7 Å². The summed E-state index contributed by atoms with van der Waals surface area (Å²) in [6.45, 7) is 10.0. The van der Waals surface area contributed by atoms with E-state index in [-0.39, 0.29) is 12.6 Å². The number of hydrogen-bond donors (Lipinski definition) is 0. The molecule has 5 rings (SSSR count). The zero-order valence-corrected chi connectivity index (χ0v) is 21.8. The lowest BCUT2D eigenvalue weighted by molar-refractivity contribution is 0.174. The number of aryl methyl sites for hydroxylation is 1. The minimum atomic E-state index is -0.237. The molecule has 0 unspecified atom stereocenters. The third kappa shape index (κ3) is 5.70. The van der Waals surface area contributed by atoms with Crippen LogP contribution >= 0.6 is 0 Å². The molecule has 0 amide bonds. The van der Waals surface area contributed by atoms with E-state index in [0.29, 0.717) is 0 Å². The SMILES string of the molecule is CCCCn1c(CN(Cc2ccc3c(c2)OCO3)Cc2cccc(C)c2C)cnc1-c1ccc(F)cc1. The van der Waals surface area contributed by atoms with Crippen LogP contribution in [0.1, 0.15) is 47.7 Å². The summed E-state index contributed by atoms with van der Waals surface area (Å²) in [7, 11) is 0. The largest absolute Gasteiger partial charge is 0.454 e. The highest BCUT2D eigenvalue weighted by atomic mass is 19.1. The van der Waals surface area contributed by atoms with Gasteiger partial charge in [-0.3, -0.25) is 4.90 Å². The number of hydrogen-bond acceptors (Lipinski definition) is 4. The number of rotatable bonds is 10. The van der Waals surface area contributed by atoms with Gasteiger partial charge in [0.2, 0.25) is 6.79 Å². The Morgan fingerprint density at radius 2 is 1.76 bits per heavy atom. The van der Waals surface area contributed by atoms with Crippen LogP contribution in [0.3, 0.4) is 0 Å². The number of benzene rings is 3. The van der Waals surface area contributed by atoms with Crippen LogP contribution in [0.15, 0.2) is 66.9 Å². The molecular formula is C31H34FN3O2. The van der Waals surface area contributed by atoms with Crippen LogP contribution in [-0.2, 0) is 26.2 Å². The predicted octanol–water partition coefficient (Wildman–Crippen LogP) is 7.04. The number of aromatic nitrogens is 2. The molecule has 6 heteroatoms. The van der Waals surface area contributed by atoms with E-state index in [1.54, 1.807) is 0 Å². The molecule has 37 heavy (non-hydrogen) atoms. The van der Waals surface area contributed by atoms with Crippen LogP contribution in [0.25, 0.3) is 11.4 Å². The van der Waals surface area contributed by atoms with Crippen LogP contribution in [0.4, 0.5) is 4.39 Å². The van der Waals surface area contributed by atoms with Crippen molar-refractivity contribution in [1.29, 1.82) is 0 Å². The summed E-state index contributed by atoms with van der Waals surface area (Å²) in [5.41, 5.74) is 7.20. The van der Waals surface area contributed by atoms with Gasteiger partial charge in [-0.25, -0.2) is 9.37 Å². The maximum atomic E-state index is 13.6. The van der Waals surface area contributed by atoms with Crippen LogP contribution in [0, 0.1) is 19.7 Å². The van der Waals surface area contributed by atoms with Gasteiger partial charge < -0.3 is 14.0 Å². The van der Waals surface area contributed by atoms with Gasteiger partial charge in [-0.05, 0) is 78.9 Å². The maximum Gasteiger partial charge on any atom is 0.231 e. The van der Waals surface area contributed by atoms with Crippen molar-refractivity contribution in [1.82, 2.24) is 14.5 Å². The summed E-state index contributed by atoms with van der Waals surface area (Å²) in [5.74, 6) is 2.25. The quantitative estimate of drug-likeness (QED) is 0.235. The molecule has 0 aliphatic carbocycles. The normalized spacial score (nSPS) is 12.5. The number of nitrogens with zero attached hydrogens (tertiary/aromatic N) is 3. The molecule has 0 saturated heterocycles. The van der Waals surface area contributed by atoms with E-state index >= 15 is 0 Å². The van der Waals surface area contributed by atoms with E-state index in [1.165, 1.54) is 34.4 Å². The van der Waals surface area contributed by atoms with E-state index in [2.05, 4.69) is 60.6 Å². The summed E-state index contributed by atoms with van der Waals surface area (Å²) in [5, 5.41) is 0. The topological polar surface area (TPSA) is 39.5 Å². The molecule has 0 radical (unpaired) electrons. The van der Waals surface area contributed by atoms with Crippen LogP contribution in [0.5, 0.6) is 11.5 Å². The van der Waals surface area contributed by atoms with Gasteiger partial charge in [0.15, 0.2) is 11.5 Å². The molecular weight excluding hydrogens is 465 g/mol. The third-order valence-corrected chi connectivity index (χ3v) is 7.12. The molecule has 0 atom stereocenters. The monoisotopic (exact) mass is 499 g/mol. The second-order valence-corrected chi connectivity index (χ2v) is 9.78. The van der Waals surface area contributed by atoms with Gasteiger partial charge in [0.05, 0.1) is 11.9 Å². The molecule has 192 valence electrons. The summed E-state index contributed by atoms with van der Waals surface area (Å²) < 4.78 is 27.0. The first-order valence-corrected chi connectivity index (χ1v) is 13.0. The molecule has 1 aromatic heterocycles. The smallest absolute Gasteiger partial charge is 0.231 e. The third-order valence-electron chi connectivity index (χ3n) is 7.12. The fourth-order valence-corrected chi connectivity index (χ4v) is 4.85. The number of halogens is 1. The van der Waals surface area contributed by atoms with Crippen molar-refractivity contribution in [3.05, 3.63) is 101 Å². The van der Waals surface area contributed by atoms with Crippen molar-refractivity contribution in [2.24, 2.45) is 0 Å². The van der Waals surface area contributed by atoms with Crippen molar-refractivity contribution in [2.75, 3.05) is 6.79 Å². The average molecular weight is 500 g/mol. The van der Waals surface area contributed by atoms with Crippen molar-refractivity contribution < 1.29 is 13.9 Å². The zero-order valence-electron chi connectivity index (χ0n) is 21.8. The van der Waals surface area contributed by atoms with E-state index < -0.39 is 0 Å². The summed E-state index contributed by atoms with van der Waals surface area (Å²) >= 11 is 0. The minimum absolute atomic E-state index is 0.237. The van der Waals surface area contributed by atoms with E-state index in [0.717, 1.165) is 67.6 Å². The van der Waals surface area contributed by atoms with Crippen molar-refractivity contribution >= 4 is 0 Å². The van der Waals surface area contributed by atoms with Gasteiger partial charge in [0.1, 0.15) is 11.6 Å². The number of imidazole rings is 1. The first-order valence-electron chi connectivity index (χ1n) is 13.0. The first-order chi connectivity index (χ1) is 18.0. The Balaban J connectivity index is 1.47. The molecule has 0 N–H and O–H groups in total. The van der Waals surface area contributed by atoms with Crippen molar-refractivity contribution in [3.8, 4) is 22.9 Å². The van der Waals surface area contributed by atoms with Crippen LogP contribution in [-0.4, -0.2) is 21.2 Å². The zero-order chi connectivity index (χ0) is 25.8. The maximum absolute atomic E-state index is 13.6. The van der Waals surface area contributed by atoms with Crippen molar-refractivity contribution in [3.63, 3.8) is 0 Å². The summed E-state index contributed by atoms with van der Waals surface area (Å²) in [4.78, 5) is 7.24. The van der Waals surface area contributed by atoms with Gasteiger partial charge in [0.25, 0.3) is 0 Å². The fourth-order valence-electron chi connectivity index (χ4n) is 4.85. The van der Waals surface area contributed by atoms with Gasteiger partial charge in [-0.15, -0.1) is 0 Å². The highest BCUT2D eigenvalue weighted by Crippen LogP contribution is 2.33. The van der Waals surface area contributed by atoms with E-state index in [1.807, 2.05) is 24.4 Å². The number of unbranched alkanes of at least 4 members (excludes halogenated alkanes) is 1.